The quantitative estimate of drug-likeness (QED) is 0.347. The van der Waals surface area contributed by atoms with Crippen molar-refractivity contribution >= 4 is 17.4 Å². The van der Waals surface area contributed by atoms with Crippen molar-refractivity contribution in [1.29, 1.82) is 0 Å². The van der Waals surface area contributed by atoms with E-state index in [0.29, 0.717) is 16.9 Å². The molecule has 8 heteroatoms. The molecule has 2 aromatic carbocycles. The average molecular weight is 430 g/mol. The molecule has 0 radical (unpaired) electrons. The molecule has 1 amide bonds. The van der Waals surface area contributed by atoms with Gasteiger partial charge in [0.05, 0.1) is 17.6 Å². The smallest absolute Gasteiger partial charge is 0.295 e. The van der Waals surface area contributed by atoms with E-state index in [2.05, 4.69) is 10.6 Å². The highest BCUT2D eigenvalue weighted by Crippen LogP contribution is 2.16. The van der Waals surface area contributed by atoms with E-state index >= 15 is 0 Å². The number of carbonyl (C=O) groups is 2. The molecule has 0 fully saturated rings. The van der Waals surface area contributed by atoms with Crippen molar-refractivity contribution in [2.45, 2.75) is 13.1 Å². The summed E-state index contributed by atoms with van der Waals surface area (Å²) >= 11 is 0. The zero-order valence-corrected chi connectivity index (χ0v) is 17.6. The van der Waals surface area contributed by atoms with Crippen molar-refractivity contribution in [2.75, 3.05) is 5.32 Å². The number of amides is 1. The third-order valence-corrected chi connectivity index (χ3v) is 5.18. The van der Waals surface area contributed by atoms with Gasteiger partial charge in [0, 0.05) is 12.6 Å². The summed E-state index contributed by atoms with van der Waals surface area (Å²) in [5, 5.41) is 5.60. The minimum absolute atomic E-state index is 0.0594. The number of anilines is 1. The second kappa shape index (κ2) is 8.81. The minimum Gasteiger partial charge on any atom is -0.459 e. The van der Waals surface area contributed by atoms with Gasteiger partial charge in [0.1, 0.15) is 5.69 Å². The van der Waals surface area contributed by atoms with Crippen LogP contribution in [-0.2, 0) is 7.05 Å². The third-order valence-electron chi connectivity index (χ3n) is 5.18. The maximum Gasteiger partial charge on any atom is 0.295 e. The molecule has 0 saturated carbocycles. The zero-order valence-electron chi connectivity index (χ0n) is 17.6. The first-order valence-electron chi connectivity index (χ1n) is 10.0. The lowest BCUT2D eigenvalue weighted by atomic mass is 10.1. The lowest BCUT2D eigenvalue weighted by molar-refractivity contribution is 0.0852. The Bertz CT molecular complexity index is 1290. The molecule has 0 aliphatic carbocycles. The molecule has 0 bridgehead atoms. The molecule has 162 valence electrons. The predicted molar refractivity (Wildman–Crippen MR) is 120 cm³/mol. The zero-order chi connectivity index (χ0) is 22.7. The number of nitrogens with one attached hydrogen (secondary N) is 2. The first kappa shape index (κ1) is 20.9. The Labute approximate surface area is 184 Å². The van der Waals surface area contributed by atoms with E-state index in [1.165, 1.54) is 17.0 Å². The van der Waals surface area contributed by atoms with Crippen LogP contribution in [0.5, 0.6) is 0 Å². The summed E-state index contributed by atoms with van der Waals surface area (Å²) < 4.78 is 8.33. The van der Waals surface area contributed by atoms with Crippen LogP contribution in [0.3, 0.4) is 0 Å². The number of para-hydroxylation sites is 1. The topological polar surface area (TPSA) is 98.3 Å². The van der Waals surface area contributed by atoms with Gasteiger partial charge in [-0.3, -0.25) is 19.1 Å². The maximum atomic E-state index is 13.3. The summed E-state index contributed by atoms with van der Waals surface area (Å²) in [6.07, 6.45) is 0.184. The van der Waals surface area contributed by atoms with Crippen LogP contribution in [-0.4, -0.2) is 27.2 Å². The number of carbonyl (C=O) groups excluding carboxylic acids is 2. The van der Waals surface area contributed by atoms with E-state index in [1.807, 2.05) is 30.3 Å². The summed E-state index contributed by atoms with van der Waals surface area (Å²) in [5.41, 5.74) is 1.56. The molecule has 2 N–H and O–H groups in total. The maximum absolute atomic E-state index is 13.3. The molecule has 0 unspecified atom stereocenters. The Morgan fingerprint density at radius 2 is 1.59 bits per heavy atom. The molecule has 0 spiro atoms. The van der Waals surface area contributed by atoms with E-state index in [-0.39, 0.29) is 22.8 Å². The number of Topliss-reactive ketones (excluding diaryl/α,β-unsaturated/α-hetero) is 1. The Morgan fingerprint density at radius 3 is 2.22 bits per heavy atom. The Morgan fingerprint density at radius 1 is 0.938 bits per heavy atom. The molecule has 8 nitrogen and oxygen atoms in total. The summed E-state index contributed by atoms with van der Waals surface area (Å²) in [5.74, 6) is -0.905. The second-order valence-corrected chi connectivity index (χ2v) is 7.19. The molecule has 0 aliphatic heterocycles. The van der Waals surface area contributed by atoms with Crippen molar-refractivity contribution in [3.8, 4) is 5.69 Å². The van der Waals surface area contributed by atoms with Gasteiger partial charge in [-0.25, -0.2) is 4.68 Å². The van der Waals surface area contributed by atoms with E-state index in [4.69, 9.17) is 4.42 Å². The average Bonchev–Trinajstić information content (AvgIpc) is 3.43. The first-order valence-corrected chi connectivity index (χ1v) is 10.0. The Hall–Kier alpha value is -4.33. The van der Waals surface area contributed by atoms with E-state index < -0.39 is 12.1 Å². The fourth-order valence-corrected chi connectivity index (χ4v) is 3.43. The van der Waals surface area contributed by atoms with Crippen molar-refractivity contribution in [1.82, 2.24) is 14.7 Å². The number of nitrogens with zero attached hydrogens (tertiary/aromatic N) is 2. The first-order chi connectivity index (χ1) is 15.5. The third kappa shape index (κ3) is 3.98. The number of ketones is 1. The molecule has 2 aromatic heterocycles. The molecule has 2 heterocycles. The SMILES string of the molecule is Cc1c(N[C@@H](NC(=O)c2ccco2)C(=O)c2ccccc2)c(=O)n(-c2ccccc2)n1C. The van der Waals surface area contributed by atoms with Crippen molar-refractivity contribution in [3.05, 3.63) is 106 Å². The number of rotatable bonds is 7. The molecule has 4 rings (SSSR count). The van der Waals surface area contributed by atoms with Crippen LogP contribution in [0.15, 0.2) is 88.3 Å². The highest BCUT2D eigenvalue weighted by molar-refractivity contribution is 6.04. The van der Waals surface area contributed by atoms with Crippen molar-refractivity contribution < 1.29 is 14.0 Å². The number of hydrogen-bond acceptors (Lipinski definition) is 5. The van der Waals surface area contributed by atoms with Gasteiger partial charge in [0.15, 0.2) is 11.9 Å². The minimum atomic E-state index is -1.19. The van der Waals surface area contributed by atoms with Gasteiger partial charge >= 0.3 is 0 Å². The van der Waals surface area contributed by atoms with E-state index in [9.17, 15) is 14.4 Å². The number of furan rings is 1. The standard InChI is InChI=1S/C24H22N4O4/c1-16-20(24(31)28(27(16)2)18-12-7-4-8-13-18)25-22(21(29)17-10-5-3-6-11-17)26-23(30)19-14-9-15-32-19/h3-15,22,25H,1-2H3,(H,26,30)/t22-/m0/s1. The van der Waals surface area contributed by atoms with E-state index in [0.717, 1.165) is 0 Å². The highest BCUT2D eigenvalue weighted by atomic mass is 16.3. The molecular weight excluding hydrogens is 408 g/mol. The highest BCUT2D eigenvalue weighted by Gasteiger charge is 2.27. The van der Waals surface area contributed by atoms with Crippen LogP contribution in [0.2, 0.25) is 0 Å². The molecule has 0 saturated heterocycles. The van der Waals surface area contributed by atoms with Crippen molar-refractivity contribution in [3.63, 3.8) is 0 Å². The molecule has 1 atom stereocenters. The Balaban J connectivity index is 1.72. The van der Waals surface area contributed by atoms with Crippen LogP contribution in [0.4, 0.5) is 5.69 Å². The van der Waals surface area contributed by atoms with Crippen LogP contribution >= 0.6 is 0 Å². The molecule has 0 aliphatic rings. The van der Waals surface area contributed by atoms with Gasteiger partial charge in [-0.1, -0.05) is 48.5 Å². The van der Waals surface area contributed by atoms with Gasteiger partial charge in [-0.2, -0.15) is 0 Å². The van der Waals surface area contributed by atoms with Crippen LogP contribution in [0.1, 0.15) is 26.6 Å². The molecular formula is C24H22N4O4. The lowest BCUT2D eigenvalue weighted by Crippen LogP contribution is -2.47. The molecule has 4 aromatic rings. The van der Waals surface area contributed by atoms with Gasteiger partial charge < -0.3 is 15.1 Å². The number of hydrogen-bond donors (Lipinski definition) is 2. The van der Waals surface area contributed by atoms with Crippen LogP contribution in [0, 0.1) is 6.92 Å². The molecule has 32 heavy (non-hydrogen) atoms. The van der Waals surface area contributed by atoms with E-state index in [1.54, 1.807) is 55.1 Å². The second-order valence-electron chi connectivity index (χ2n) is 7.19. The van der Waals surface area contributed by atoms with Gasteiger partial charge in [0.25, 0.3) is 11.5 Å². The summed E-state index contributed by atoms with van der Waals surface area (Å²) in [4.78, 5) is 39.1. The Kier molecular flexibility index (Phi) is 5.76. The monoisotopic (exact) mass is 430 g/mol. The van der Waals surface area contributed by atoms with Gasteiger partial charge in [0.2, 0.25) is 5.78 Å². The predicted octanol–water partition coefficient (Wildman–Crippen LogP) is 3.13. The van der Waals surface area contributed by atoms with Crippen molar-refractivity contribution in [2.24, 2.45) is 7.05 Å². The fourth-order valence-electron chi connectivity index (χ4n) is 3.43. The van der Waals surface area contributed by atoms with Gasteiger partial charge in [-0.15, -0.1) is 0 Å². The normalized spacial score (nSPS) is 11.7. The number of aromatic nitrogens is 2. The fraction of sp³-hybridized carbons (Fsp3) is 0.125. The summed E-state index contributed by atoms with van der Waals surface area (Å²) in [6.45, 7) is 1.77. The van der Waals surface area contributed by atoms with Crippen LogP contribution in [0.25, 0.3) is 5.69 Å². The summed E-state index contributed by atoms with van der Waals surface area (Å²) in [6, 6.07) is 20.8. The number of benzene rings is 2. The largest absolute Gasteiger partial charge is 0.459 e. The lowest BCUT2D eigenvalue weighted by Gasteiger charge is -2.19. The van der Waals surface area contributed by atoms with Gasteiger partial charge in [-0.05, 0) is 31.2 Å². The van der Waals surface area contributed by atoms with Crippen LogP contribution < -0.4 is 16.2 Å². The summed E-state index contributed by atoms with van der Waals surface area (Å²) in [7, 11) is 1.75.